The van der Waals surface area contributed by atoms with Crippen molar-refractivity contribution in [3.8, 4) is 17.4 Å². The summed E-state index contributed by atoms with van der Waals surface area (Å²) in [6.45, 7) is 4.66. The maximum atomic E-state index is 12.3. The second kappa shape index (κ2) is 13.2. The molecule has 2 aromatic rings. The van der Waals surface area contributed by atoms with Gasteiger partial charge in [-0.15, -0.1) is 24.8 Å². The molecule has 1 atom stereocenters. The highest BCUT2D eigenvalue weighted by Crippen LogP contribution is 2.31. The molecule has 0 saturated carbocycles. The van der Waals surface area contributed by atoms with Gasteiger partial charge in [0.15, 0.2) is 11.5 Å². The second-order valence-corrected chi connectivity index (χ2v) is 6.16. The van der Waals surface area contributed by atoms with Crippen LogP contribution in [0.3, 0.4) is 0 Å². The van der Waals surface area contributed by atoms with E-state index in [0.29, 0.717) is 50.3 Å². The second-order valence-electron chi connectivity index (χ2n) is 6.16. The van der Waals surface area contributed by atoms with E-state index in [-0.39, 0.29) is 36.8 Å². The molecule has 29 heavy (non-hydrogen) atoms. The van der Waals surface area contributed by atoms with Gasteiger partial charge in [-0.05, 0) is 24.6 Å². The Labute approximate surface area is 183 Å². The first-order chi connectivity index (χ1) is 13.3. The summed E-state index contributed by atoms with van der Waals surface area (Å²) in [4.78, 5) is 16.6. The Morgan fingerprint density at radius 1 is 1.24 bits per heavy atom. The summed E-state index contributed by atoms with van der Waals surface area (Å²) < 4.78 is 17.0. The van der Waals surface area contributed by atoms with Crippen LogP contribution >= 0.6 is 24.8 Å². The van der Waals surface area contributed by atoms with Gasteiger partial charge in [0, 0.05) is 24.8 Å². The Bertz CT molecular complexity index is 758. The quantitative estimate of drug-likeness (QED) is 0.651. The third-order valence-electron chi connectivity index (χ3n) is 4.06. The minimum atomic E-state index is -0.331. The van der Waals surface area contributed by atoms with E-state index in [1.165, 1.54) is 0 Å². The van der Waals surface area contributed by atoms with Crippen LogP contribution in [0.1, 0.15) is 18.9 Å². The number of nitrogens with one attached hydrogen (secondary N) is 2. The highest BCUT2D eigenvalue weighted by atomic mass is 35.5. The van der Waals surface area contributed by atoms with Gasteiger partial charge in [0.2, 0.25) is 11.8 Å². The summed E-state index contributed by atoms with van der Waals surface area (Å²) in [5, 5.41) is 6.05. The molecule has 1 aliphatic heterocycles. The molecule has 1 aliphatic rings. The van der Waals surface area contributed by atoms with Crippen molar-refractivity contribution >= 4 is 30.7 Å². The average molecular weight is 444 g/mol. The molecule has 1 unspecified atom stereocenters. The topological polar surface area (TPSA) is 81.7 Å². The van der Waals surface area contributed by atoms with Crippen LogP contribution in [0.5, 0.6) is 17.4 Å². The minimum Gasteiger partial charge on any atom is -0.490 e. The number of carbonyl (C=O) groups excluding carboxylic acids is 1. The molecule has 3 rings (SSSR count). The number of para-hydroxylation sites is 2. The Morgan fingerprint density at radius 2 is 2.03 bits per heavy atom. The van der Waals surface area contributed by atoms with Crippen LogP contribution in [-0.4, -0.2) is 43.3 Å². The maximum absolute atomic E-state index is 12.3. The van der Waals surface area contributed by atoms with E-state index in [0.717, 1.165) is 12.0 Å². The first-order valence-electron chi connectivity index (χ1n) is 9.20. The van der Waals surface area contributed by atoms with Crippen molar-refractivity contribution in [3.05, 3.63) is 48.2 Å². The number of halogens is 2. The van der Waals surface area contributed by atoms with Crippen molar-refractivity contribution in [2.75, 3.05) is 26.4 Å². The molecule has 1 saturated heterocycles. The van der Waals surface area contributed by atoms with Crippen molar-refractivity contribution in [1.29, 1.82) is 0 Å². The molecule has 160 valence electrons. The third kappa shape index (κ3) is 7.36. The van der Waals surface area contributed by atoms with Crippen molar-refractivity contribution in [3.63, 3.8) is 0 Å². The number of amides is 1. The van der Waals surface area contributed by atoms with Crippen LogP contribution < -0.4 is 20.1 Å². The number of aromatic nitrogens is 1. The zero-order valence-corrected chi connectivity index (χ0v) is 17.9. The number of ether oxygens (including phenoxy) is 3. The Kier molecular flexibility index (Phi) is 11.4. The molecule has 9 heteroatoms. The van der Waals surface area contributed by atoms with Crippen molar-refractivity contribution < 1.29 is 19.0 Å². The van der Waals surface area contributed by atoms with Gasteiger partial charge in [-0.3, -0.25) is 4.79 Å². The molecule has 0 radical (unpaired) electrons. The smallest absolute Gasteiger partial charge is 0.239 e. The van der Waals surface area contributed by atoms with Gasteiger partial charge in [0.25, 0.3) is 0 Å². The number of rotatable bonds is 8. The highest BCUT2D eigenvalue weighted by Gasteiger charge is 2.21. The molecule has 0 aliphatic carbocycles. The summed E-state index contributed by atoms with van der Waals surface area (Å²) >= 11 is 0. The van der Waals surface area contributed by atoms with E-state index in [4.69, 9.17) is 14.2 Å². The first-order valence-corrected chi connectivity index (χ1v) is 9.20. The van der Waals surface area contributed by atoms with E-state index in [2.05, 4.69) is 22.5 Å². The molecule has 1 aromatic heterocycles. The fraction of sp³-hybridized carbons (Fsp3) is 0.400. The molecule has 1 aromatic carbocycles. The van der Waals surface area contributed by atoms with Crippen LogP contribution in [0.25, 0.3) is 0 Å². The zero-order chi connectivity index (χ0) is 18.9. The fourth-order valence-electron chi connectivity index (χ4n) is 2.66. The summed E-state index contributed by atoms with van der Waals surface area (Å²) in [5.74, 6) is 1.61. The number of morpholine rings is 1. The number of carbonyl (C=O) groups is 1. The lowest BCUT2D eigenvalue weighted by atomic mass is 10.2. The lowest BCUT2D eigenvalue weighted by Crippen LogP contribution is -2.51. The van der Waals surface area contributed by atoms with Gasteiger partial charge < -0.3 is 24.8 Å². The normalized spacial score (nSPS) is 15.4. The maximum Gasteiger partial charge on any atom is 0.239 e. The molecular weight excluding hydrogens is 417 g/mol. The zero-order valence-electron chi connectivity index (χ0n) is 16.3. The first kappa shape index (κ1) is 25.0. The largest absolute Gasteiger partial charge is 0.490 e. The number of benzene rings is 1. The number of hydrogen-bond acceptors (Lipinski definition) is 6. The predicted octanol–water partition coefficient (Wildman–Crippen LogP) is 3.11. The average Bonchev–Trinajstić information content (AvgIpc) is 2.73. The van der Waals surface area contributed by atoms with Gasteiger partial charge in [0.05, 0.1) is 19.8 Å². The molecule has 0 bridgehead atoms. The van der Waals surface area contributed by atoms with E-state index >= 15 is 0 Å². The predicted molar refractivity (Wildman–Crippen MR) is 115 cm³/mol. The summed E-state index contributed by atoms with van der Waals surface area (Å²) in [6, 6.07) is 10.8. The van der Waals surface area contributed by atoms with E-state index < -0.39 is 0 Å². The number of hydrogen-bond donors (Lipinski definition) is 2. The van der Waals surface area contributed by atoms with E-state index in [1.54, 1.807) is 6.20 Å². The van der Waals surface area contributed by atoms with Crippen LogP contribution in [-0.2, 0) is 16.1 Å². The van der Waals surface area contributed by atoms with Crippen LogP contribution in [0.2, 0.25) is 0 Å². The summed E-state index contributed by atoms with van der Waals surface area (Å²) in [6.07, 6.45) is 2.57. The molecule has 1 amide bonds. The Balaban J connectivity index is 0.00000210. The number of nitrogens with zero attached hydrogens (tertiary/aromatic N) is 1. The third-order valence-corrected chi connectivity index (χ3v) is 4.06. The van der Waals surface area contributed by atoms with Gasteiger partial charge in [-0.1, -0.05) is 25.1 Å². The lowest BCUT2D eigenvalue weighted by molar-refractivity contribution is -0.126. The van der Waals surface area contributed by atoms with Gasteiger partial charge in [-0.2, -0.15) is 0 Å². The molecule has 1 fully saturated rings. The van der Waals surface area contributed by atoms with Gasteiger partial charge in [0.1, 0.15) is 6.04 Å². The van der Waals surface area contributed by atoms with Gasteiger partial charge in [-0.25, -0.2) is 4.98 Å². The fourth-order valence-corrected chi connectivity index (χ4v) is 2.66. The van der Waals surface area contributed by atoms with Crippen LogP contribution in [0.15, 0.2) is 42.6 Å². The molecule has 2 N–H and O–H groups in total. The van der Waals surface area contributed by atoms with Crippen molar-refractivity contribution in [2.24, 2.45) is 0 Å². The van der Waals surface area contributed by atoms with Crippen LogP contribution in [0.4, 0.5) is 0 Å². The molecular formula is C20H27Cl2N3O4. The van der Waals surface area contributed by atoms with Gasteiger partial charge >= 0.3 is 0 Å². The monoisotopic (exact) mass is 443 g/mol. The molecule has 2 heterocycles. The van der Waals surface area contributed by atoms with E-state index in [9.17, 15) is 4.79 Å². The van der Waals surface area contributed by atoms with Crippen LogP contribution in [0, 0.1) is 0 Å². The standard InChI is InChI=1S/C20H25N3O4.2ClH/c1-2-11-26-17-7-3-4-8-18(17)27-20-15(6-5-9-22-20)13-23-19(24)16-14-25-12-10-21-16;;/h3-9,16,21H,2,10-14H2,1H3,(H,23,24);2*1H. The Morgan fingerprint density at radius 3 is 2.76 bits per heavy atom. The van der Waals surface area contributed by atoms with Crippen molar-refractivity contribution in [2.45, 2.75) is 25.9 Å². The summed E-state index contributed by atoms with van der Waals surface area (Å²) in [5.41, 5.74) is 0.785. The minimum absolute atomic E-state index is 0. The Hall–Kier alpha value is -2.06. The lowest BCUT2D eigenvalue weighted by Gasteiger charge is -2.23. The van der Waals surface area contributed by atoms with Crippen molar-refractivity contribution in [1.82, 2.24) is 15.6 Å². The summed E-state index contributed by atoms with van der Waals surface area (Å²) in [7, 11) is 0. The number of pyridine rings is 1. The molecule has 0 spiro atoms. The van der Waals surface area contributed by atoms with E-state index in [1.807, 2.05) is 36.4 Å². The SMILES string of the molecule is CCCOc1ccccc1Oc1ncccc1CNC(=O)C1COCCN1.Cl.Cl. The highest BCUT2D eigenvalue weighted by molar-refractivity contribution is 5.85. The molecule has 7 nitrogen and oxygen atoms in total.